The molecule has 1 aromatic carbocycles. The Labute approximate surface area is 111 Å². The van der Waals surface area contributed by atoms with Gasteiger partial charge in [-0.05, 0) is 19.1 Å². The molecule has 5 heteroatoms. The lowest BCUT2D eigenvalue weighted by Crippen LogP contribution is -2.24. The fourth-order valence-electron chi connectivity index (χ4n) is 1.83. The number of ether oxygens (including phenoxy) is 1. The molecule has 0 saturated heterocycles. The molecule has 1 atom stereocenters. The van der Waals surface area contributed by atoms with E-state index in [1.165, 1.54) is 16.9 Å². The van der Waals surface area contributed by atoms with E-state index in [1.54, 1.807) is 18.2 Å². The number of aliphatic hydroxyl groups excluding tert-OH is 1. The number of nitrogens with zero attached hydrogens (tertiary/aromatic N) is 2. The molecule has 0 spiro atoms. The van der Waals surface area contributed by atoms with Crippen LogP contribution in [0.25, 0.3) is 0 Å². The monoisotopic (exact) mass is 260 g/mol. The lowest BCUT2D eigenvalue weighted by molar-refractivity contribution is 0.144. The topological polar surface area (TPSA) is 64.3 Å². The summed E-state index contributed by atoms with van der Waals surface area (Å²) < 4.78 is 6.69. The third-order valence-corrected chi connectivity index (χ3v) is 2.71. The number of aromatic nitrogens is 2. The molecule has 1 heterocycles. The van der Waals surface area contributed by atoms with Crippen LogP contribution in [0.2, 0.25) is 0 Å². The van der Waals surface area contributed by atoms with E-state index in [-0.39, 0.29) is 12.1 Å². The Morgan fingerprint density at radius 3 is 2.84 bits per heavy atom. The van der Waals surface area contributed by atoms with Crippen LogP contribution in [0.5, 0.6) is 5.75 Å². The zero-order chi connectivity index (χ0) is 13.7. The fourth-order valence-corrected chi connectivity index (χ4v) is 1.83. The number of rotatable bonds is 5. The molecule has 2 aromatic rings. The molecule has 0 amide bonds. The molecular formula is C14H16N2O3. The number of benzene rings is 1. The van der Waals surface area contributed by atoms with E-state index in [9.17, 15) is 9.90 Å². The van der Waals surface area contributed by atoms with Crippen LogP contribution in [0, 0.1) is 0 Å². The minimum atomic E-state index is -0.838. The van der Waals surface area contributed by atoms with Crippen molar-refractivity contribution in [2.45, 2.75) is 19.6 Å². The molecule has 0 fully saturated rings. The average Bonchev–Trinajstić information content (AvgIpc) is 2.42. The van der Waals surface area contributed by atoms with Crippen LogP contribution in [-0.2, 0) is 6.54 Å². The highest BCUT2D eigenvalue weighted by molar-refractivity contribution is 5.34. The standard InChI is InChI=1S/C14H16N2O3/c1-2-19-13-7-4-3-6-11(13)12(17)10-16-14(18)8-5-9-15-16/h3-9,12,17H,2,10H2,1H3. The molecule has 0 aliphatic heterocycles. The van der Waals surface area contributed by atoms with Gasteiger partial charge in [-0.1, -0.05) is 18.2 Å². The van der Waals surface area contributed by atoms with Gasteiger partial charge in [0, 0.05) is 17.8 Å². The van der Waals surface area contributed by atoms with Crippen LogP contribution in [0.3, 0.4) is 0 Å². The van der Waals surface area contributed by atoms with Crippen LogP contribution in [0.15, 0.2) is 47.4 Å². The van der Waals surface area contributed by atoms with Crippen molar-refractivity contribution in [3.05, 3.63) is 58.5 Å². The summed E-state index contributed by atoms with van der Waals surface area (Å²) in [6.45, 7) is 2.50. The van der Waals surface area contributed by atoms with Crippen LogP contribution < -0.4 is 10.3 Å². The highest BCUT2D eigenvalue weighted by atomic mass is 16.5. The van der Waals surface area contributed by atoms with Gasteiger partial charge in [0.15, 0.2) is 0 Å². The minimum absolute atomic E-state index is 0.101. The Morgan fingerprint density at radius 1 is 1.32 bits per heavy atom. The Morgan fingerprint density at radius 2 is 2.11 bits per heavy atom. The van der Waals surface area contributed by atoms with Crippen molar-refractivity contribution in [3.8, 4) is 5.75 Å². The summed E-state index contributed by atoms with van der Waals surface area (Å²) in [5.74, 6) is 0.626. The van der Waals surface area contributed by atoms with Gasteiger partial charge in [0.25, 0.3) is 5.56 Å². The molecule has 0 saturated carbocycles. The maximum absolute atomic E-state index is 11.6. The van der Waals surface area contributed by atoms with E-state index < -0.39 is 6.10 Å². The molecule has 100 valence electrons. The fraction of sp³-hybridized carbons (Fsp3) is 0.286. The molecule has 1 unspecified atom stereocenters. The van der Waals surface area contributed by atoms with Crippen molar-refractivity contribution in [2.24, 2.45) is 0 Å². The second-order valence-electron chi connectivity index (χ2n) is 4.03. The predicted molar refractivity (Wildman–Crippen MR) is 71.1 cm³/mol. The molecule has 0 radical (unpaired) electrons. The van der Waals surface area contributed by atoms with Crippen molar-refractivity contribution < 1.29 is 9.84 Å². The molecule has 1 aromatic heterocycles. The van der Waals surface area contributed by atoms with Crippen molar-refractivity contribution in [2.75, 3.05) is 6.61 Å². The first-order valence-electron chi connectivity index (χ1n) is 6.14. The van der Waals surface area contributed by atoms with E-state index in [0.717, 1.165) is 0 Å². The molecule has 1 N–H and O–H groups in total. The van der Waals surface area contributed by atoms with E-state index in [1.807, 2.05) is 19.1 Å². The van der Waals surface area contributed by atoms with E-state index in [0.29, 0.717) is 17.9 Å². The smallest absolute Gasteiger partial charge is 0.266 e. The van der Waals surface area contributed by atoms with Gasteiger partial charge < -0.3 is 9.84 Å². The summed E-state index contributed by atoms with van der Waals surface area (Å²) in [7, 11) is 0. The molecule has 0 aliphatic carbocycles. The Kier molecular flexibility index (Phi) is 4.30. The van der Waals surface area contributed by atoms with Gasteiger partial charge >= 0.3 is 0 Å². The lowest BCUT2D eigenvalue weighted by Gasteiger charge is -2.15. The van der Waals surface area contributed by atoms with E-state index >= 15 is 0 Å². The highest BCUT2D eigenvalue weighted by Crippen LogP contribution is 2.25. The van der Waals surface area contributed by atoms with Gasteiger partial charge in [-0.15, -0.1) is 0 Å². The van der Waals surface area contributed by atoms with E-state index in [2.05, 4.69) is 5.10 Å². The second kappa shape index (κ2) is 6.15. The first-order chi connectivity index (χ1) is 9.22. The van der Waals surface area contributed by atoms with Crippen molar-refractivity contribution in [1.82, 2.24) is 9.78 Å². The summed E-state index contributed by atoms with van der Waals surface area (Å²) in [5, 5.41) is 14.1. The first-order valence-corrected chi connectivity index (χ1v) is 6.14. The van der Waals surface area contributed by atoms with Crippen molar-refractivity contribution in [1.29, 1.82) is 0 Å². The van der Waals surface area contributed by atoms with Crippen LogP contribution in [-0.4, -0.2) is 21.5 Å². The number of hydrogen-bond acceptors (Lipinski definition) is 4. The van der Waals surface area contributed by atoms with Crippen LogP contribution in [0.1, 0.15) is 18.6 Å². The number of aliphatic hydroxyl groups is 1. The van der Waals surface area contributed by atoms with Gasteiger partial charge in [-0.3, -0.25) is 4.79 Å². The second-order valence-corrected chi connectivity index (χ2v) is 4.03. The zero-order valence-corrected chi connectivity index (χ0v) is 10.7. The molecule has 0 bridgehead atoms. The lowest BCUT2D eigenvalue weighted by atomic mass is 10.1. The van der Waals surface area contributed by atoms with Gasteiger partial charge in [0.2, 0.25) is 0 Å². The molecular weight excluding hydrogens is 244 g/mol. The number of para-hydroxylation sites is 1. The average molecular weight is 260 g/mol. The number of hydrogen-bond donors (Lipinski definition) is 1. The van der Waals surface area contributed by atoms with Gasteiger partial charge in [-0.25, -0.2) is 4.68 Å². The third-order valence-electron chi connectivity index (χ3n) is 2.71. The minimum Gasteiger partial charge on any atom is -0.493 e. The maximum Gasteiger partial charge on any atom is 0.266 e. The quantitative estimate of drug-likeness (QED) is 0.882. The van der Waals surface area contributed by atoms with Crippen LogP contribution >= 0.6 is 0 Å². The summed E-state index contributed by atoms with van der Waals surface area (Å²) in [5.41, 5.74) is 0.414. The summed E-state index contributed by atoms with van der Waals surface area (Å²) in [6, 6.07) is 10.2. The van der Waals surface area contributed by atoms with Crippen LogP contribution in [0.4, 0.5) is 0 Å². The summed E-state index contributed by atoms with van der Waals surface area (Å²) in [6.07, 6.45) is 0.679. The Hall–Kier alpha value is -2.14. The van der Waals surface area contributed by atoms with E-state index in [4.69, 9.17) is 4.74 Å². The van der Waals surface area contributed by atoms with Gasteiger partial charge in [0.05, 0.1) is 13.2 Å². The van der Waals surface area contributed by atoms with Crippen molar-refractivity contribution >= 4 is 0 Å². The SMILES string of the molecule is CCOc1ccccc1C(O)Cn1ncccc1=O. The Bertz CT molecular complexity index is 595. The predicted octanol–water partition coefficient (Wildman–Crippen LogP) is 1.38. The zero-order valence-electron chi connectivity index (χ0n) is 10.7. The largest absolute Gasteiger partial charge is 0.493 e. The van der Waals surface area contributed by atoms with Gasteiger partial charge in [0.1, 0.15) is 11.9 Å². The normalized spacial score (nSPS) is 12.1. The highest BCUT2D eigenvalue weighted by Gasteiger charge is 2.14. The maximum atomic E-state index is 11.6. The first kappa shape index (κ1) is 13.3. The van der Waals surface area contributed by atoms with Gasteiger partial charge in [-0.2, -0.15) is 5.10 Å². The molecule has 5 nitrogen and oxygen atoms in total. The molecule has 0 aliphatic rings. The molecule has 19 heavy (non-hydrogen) atoms. The third kappa shape index (κ3) is 3.20. The summed E-state index contributed by atoms with van der Waals surface area (Å²) >= 11 is 0. The molecule has 2 rings (SSSR count). The van der Waals surface area contributed by atoms with Crippen molar-refractivity contribution in [3.63, 3.8) is 0 Å². The summed E-state index contributed by atoms with van der Waals surface area (Å²) in [4.78, 5) is 11.6. The Balaban J connectivity index is 2.23.